The first-order chi connectivity index (χ1) is 16.0. The summed E-state index contributed by atoms with van der Waals surface area (Å²) in [4.78, 5) is 49.8. The van der Waals surface area contributed by atoms with Gasteiger partial charge in [-0.25, -0.2) is 0 Å². The molecule has 4 amide bonds. The predicted molar refractivity (Wildman–Crippen MR) is 110 cm³/mol. The van der Waals surface area contributed by atoms with E-state index in [1.54, 1.807) is 6.07 Å². The second-order valence-corrected chi connectivity index (χ2v) is 7.89. The average molecular weight is 464 g/mol. The minimum Gasteiger partial charge on any atom is -0.346 e. The largest absolute Gasteiger partial charge is 0.349 e. The lowest BCUT2D eigenvalue weighted by Crippen LogP contribution is -2.52. The van der Waals surface area contributed by atoms with E-state index in [0.717, 1.165) is 6.07 Å². The highest BCUT2D eigenvalue weighted by atomic mass is 35.5. The summed E-state index contributed by atoms with van der Waals surface area (Å²) in [6, 6.07) is 4.29. The molecule has 1 fully saturated rings. The van der Waals surface area contributed by atoms with E-state index < -0.39 is 47.3 Å². The molecule has 0 bridgehead atoms. The summed E-state index contributed by atoms with van der Waals surface area (Å²) < 4.78 is 44.5. The second kappa shape index (κ2) is 8.31. The lowest BCUT2D eigenvalue weighted by molar-refractivity contribution is -0.147. The van der Waals surface area contributed by atoms with Gasteiger partial charge in [-0.1, -0.05) is 35.8 Å². The van der Waals surface area contributed by atoms with Gasteiger partial charge in [0.05, 0.1) is 2.74 Å². The number of carbonyl (C=O) groups excluding carboxylic acids is 4. The van der Waals surface area contributed by atoms with Crippen molar-refractivity contribution in [2.75, 3.05) is 0 Å². The summed E-state index contributed by atoms with van der Waals surface area (Å²) in [5, 5.41) is 4.16. The lowest BCUT2D eigenvalue weighted by atomic mass is 10.0. The van der Waals surface area contributed by atoms with Gasteiger partial charge in [-0.2, -0.15) is 8.78 Å². The maximum atomic E-state index is 14.6. The Morgan fingerprint density at radius 1 is 1.25 bits per heavy atom. The molecule has 7 nitrogen and oxygen atoms in total. The Morgan fingerprint density at radius 2 is 2.03 bits per heavy atom. The third kappa shape index (κ3) is 4.08. The van der Waals surface area contributed by atoms with E-state index in [1.807, 2.05) is 0 Å². The van der Waals surface area contributed by atoms with Crippen LogP contribution in [0.15, 0.2) is 42.4 Å². The number of carbonyl (C=O) groups is 4. The van der Waals surface area contributed by atoms with Gasteiger partial charge in [-0.05, 0) is 35.7 Å². The number of nitrogens with one attached hydrogen (secondary N) is 2. The maximum Gasteiger partial charge on any atom is 0.349 e. The van der Waals surface area contributed by atoms with E-state index in [-0.39, 0.29) is 36.9 Å². The Morgan fingerprint density at radius 3 is 2.78 bits per heavy atom. The molecule has 2 N–H and O–H groups in total. The third-order valence-electron chi connectivity index (χ3n) is 5.37. The van der Waals surface area contributed by atoms with Gasteiger partial charge in [0.25, 0.3) is 11.8 Å². The molecule has 1 atom stereocenters. The molecule has 10 heteroatoms. The second-order valence-electron chi connectivity index (χ2n) is 7.49. The first-order valence-corrected chi connectivity index (χ1v) is 10.1. The molecule has 0 aromatic heterocycles. The minimum absolute atomic E-state index is 0.109. The van der Waals surface area contributed by atoms with Gasteiger partial charge in [0, 0.05) is 35.7 Å². The van der Waals surface area contributed by atoms with E-state index in [1.165, 1.54) is 17.0 Å². The number of nitrogens with zero attached hydrogens (tertiary/aromatic N) is 1. The highest BCUT2D eigenvalue weighted by molar-refractivity contribution is 6.30. The molecule has 0 saturated carbocycles. The summed E-state index contributed by atoms with van der Waals surface area (Å²) in [7, 11) is 0. The molecule has 0 aliphatic carbocycles. The fourth-order valence-corrected chi connectivity index (χ4v) is 3.81. The third-order valence-corrected chi connectivity index (χ3v) is 5.59. The topological polar surface area (TPSA) is 95.6 Å². The monoisotopic (exact) mass is 463 g/mol. The molecule has 0 spiro atoms. The molecule has 2 heterocycles. The molecule has 2 aliphatic heterocycles. The van der Waals surface area contributed by atoms with Crippen LogP contribution in [0.2, 0.25) is 5.02 Å². The van der Waals surface area contributed by atoms with Gasteiger partial charge >= 0.3 is 5.92 Å². The number of hydrogen-bond acceptors (Lipinski definition) is 4. The first-order valence-electron chi connectivity index (χ1n) is 10.7. The van der Waals surface area contributed by atoms with Crippen LogP contribution in [-0.4, -0.2) is 34.6 Å². The van der Waals surface area contributed by atoms with Crippen LogP contribution in [0.3, 0.4) is 0 Å². The molecule has 1 unspecified atom stereocenters. The van der Waals surface area contributed by atoms with Crippen molar-refractivity contribution in [1.82, 2.24) is 15.5 Å². The van der Waals surface area contributed by atoms with Crippen molar-refractivity contribution in [3.05, 3.63) is 69.7 Å². The van der Waals surface area contributed by atoms with Crippen LogP contribution in [0.25, 0.3) is 0 Å². The number of benzene rings is 2. The molecule has 1 saturated heterocycles. The Balaban J connectivity index is 1.46. The van der Waals surface area contributed by atoms with Crippen molar-refractivity contribution in [2.45, 2.75) is 37.9 Å². The number of fused-ring (bicyclic) bond motifs is 1. The molecule has 2 aromatic carbocycles. The van der Waals surface area contributed by atoms with Crippen molar-refractivity contribution in [3.8, 4) is 0 Å². The van der Waals surface area contributed by atoms with E-state index in [2.05, 4.69) is 10.6 Å². The van der Waals surface area contributed by atoms with Crippen LogP contribution in [-0.2, 0) is 33.4 Å². The first kappa shape index (κ1) is 19.4. The van der Waals surface area contributed by atoms with Gasteiger partial charge in [-0.3, -0.25) is 24.5 Å². The SMILES string of the molecule is [2H]c1cc(C(F)(F)C(=O)NCc2ccc3c(c2)CN(C2CCC(=O)NC2=O)C3=O)c([2H])cc1Cl. The van der Waals surface area contributed by atoms with Crippen LogP contribution < -0.4 is 10.6 Å². The summed E-state index contributed by atoms with van der Waals surface area (Å²) in [6.07, 6.45) is 0.336. The van der Waals surface area contributed by atoms with Crippen molar-refractivity contribution >= 4 is 35.2 Å². The van der Waals surface area contributed by atoms with Gasteiger partial charge in [-0.15, -0.1) is 0 Å². The smallest absolute Gasteiger partial charge is 0.346 e. The Hall–Kier alpha value is -3.33. The zero-order chi connectivity index (χ0) is 24.8. The lowest BCUT2D eigenvalue weighted by Gasteiger charge is -2.29. The number of rotatable bonds is 5. The average Bonchev–Trinajstić information content (AvgIpc) is 3.10. The molecule has 0 radical (unpaired) electrons. The van der Waals surface area contributed by atoms with E-state index in [4.69, 9.17) is 14.3 Å². The highest BCUT2D eigenvalue weighted by Gasteiger charge is 2.41. The highest BCUT2D eigenvalue weighted by Crippen LogP contribution is 2.30. The van der Waals surface area contributed by atoms with Crippen LogP contribution in [0.5, 0.6) is 0 Å². The quantitative estimate of drug-likeness (QED) is 0.666. The van der Waals surface area contributed by atoms with Gasteiger partial charge in [0.2, 0.25) is 11.8 Å². The van der Waals surface area contributed by atoms with Crippen molar-refractivity contribution in [3.63, 3.8) is 0 Å². The molecule has 2 aromatic rings. The van der Waals surface area contributed by atoms with Gasteiger partial charge in [0.15, 0.2) is 0 Å². The molecule has 32 heavy (non-hydrogen) atoms. The number of amides is 4. The van der Waals surface area contributed by atoms with Crippen LogP contribution in [0.4, 0.5) is 8.78 Å². The van der Waals surface area contributed by atoms with Crippen LogP contribution >= 0.6 is 11.6 Å². The van der Waals surface area contributed by atoms with Crippen LogP contribution in [0.1, 0.15) is 42.6 Å². The number of imide groups is 1. The molecule has 166 valence electrons. The number of halogens is 3. The number of piperidine rings is 1. The number of alkyl halides is 2. The van der Waals surface area contributed by atoms with E-state index >= 15 is 0 Å². The predicted octanol–water partition coefficient (Wildman–Crippen LogP) is 2.51. The van der Waals surface area contributed by atoms with E-state index in [9.17, 15) is 28.0 Å². The Labute approximate surface area is 189 Å². The zero-order valence-electron chi connectivity index (χ0n) is 18.5. The Bertz CT molecular complexity index is 1240. The normalized spacial score (nSPS) is 19.3. The number of hydrogen-bond donors (Lipinski definition) is 2. The van der Waals surface area contributed by atoms with Gasteiger partial charge in [0.1, 0.15) is 6.04 Å². The summed E-state index contributed by atoms with van der Waals surface area (Å²) >= 11 is 5.67. The van der Waals surface area contributed by atoms with Gasteiger partial charge < -0.3 is 10.2 Å². The summed E-state index contributed by atoms with van der Waals surface area (Å²) in [5.74, 6) is -7.02. The standard InChI is InChI=1S/C22H18ClF2N3O4/c23-15-4-2-14(3-5-15)22(24,25)21(32)26-10-12-1-6-16-13(9-12)11-28(20(16)31)17-7-8-18(29)27-19(17)30/h1-6,9,17H,7-8,10-11H2,(H,26,32)(H,27,29,30)/i2D,5D. The maximum absolute atomic E-state index is 14.6. The summed E-state index contributed by atoms with van der Waals surface area (Å²) in [6.45, 7) is -0.166. The fraction of sp³-hybridized carbons (Fsp3) is 0.273. The van der Waals surface area contributed by atoms with E-state index in [0.29, 0.717) is 22.8 Å². The molecule has 2 aliphatic rings. The minimum atomic E-state index is -4.06. The molecular formula is C22H18ClF2N3O4. The van der Waals surface area contributed by atoms with Crippen molar-refractivity contribution in [1.29, 1.82) is 0 Å². The van der Waals surface area contributed by atoms with Crippen LogP contribution in [0, 0.1) is 0 Å². The zero-order valence-corrected chi connectivity index (χ0v) is 17.3. The summed E-state index contributed by atoms with van der Waals surface area (Å²) in [5.41, 5.74) is 0.439. The van der Waals surface area contributed by atoms with Crippen molar-refractivity contribution in [2.24, 2.45) is 0 Å². The fourth-order valence-electron chi connectivity index (χ4n) is 3.70. The van der Waals surface area contributed by atoms with Crippen molar-refractivity contribution < 1.29 is 30.7 Å². The molecule has 4 rings (SSSR count). The Kier molecular flexibility index (Phi) is 5.03. The molecular weight excluding hydrogens is 444 g/mol.